The van der Waals surface area contributed by atoms with Crippen LogP contribution in [0, 0.1) is 6.92 Å². The second kappa shape index (κ2) is 8.20. The van der Waals surface area contributed by atoms with Gasteiger partial charge in [0.2, 0.25) is 0 Å². The number of aromatic nitrogens is 1. The number of para-hydroxylation sites is 2. The van der Waals surface area contributed by atoms with Crippen molar-refractivity contribution >= 4 is 39.6 Å². The lowest BCUT2D eigenvalue weighted by Crippen LogP contribution is -2.15. The first-order valence-electron chi connectivity index (χ1n) is 9.39. The normalized spacial score (nSPS) is 11.3. The number of carbonyl (C=O) groups is 1. The second-order valence-electron chi connectivity index (χ2n) is 6.94. The lowest BCUT2D eigenvalue weighted by atomic mass is 10.1. The molecular weight excluding hydrogens is 410 g/mol. The molecule has 7 nitrogen and oxygen atoms in total. The first-order valence-corrected chi connectivity index (χ1v) is 9.77. The van der Waals surface area contributed by atoms with Gasteiger partial charge in [-0.15, -0.1) is 0 Å². The van der Waals surface area contributed by atoms with Gasteiger partial charge in [-0.2, -0.15) is 0 Å². The molecule has 2 aromatic heterocycles. The number of benzene rings is 2. The highest BCUT2D eigenvalue weighted by atomic mass is 35.5. The van der Waals surface area contributed by atoms with Crippen LogP contribution in [0.3, 0.4) is 0 Å². The summed E-state index contributed by atoms with van der Waals surface area (Å²) in [5.41, 5.74) is 2.36. The van der Waals surface area contributed by atoms with E-state index in [2.05, 4.69) is 0 Å². The molecule has 0 fully saturated rings. The van der Waals surface area contributed by atoms with Gasteiger partial charge in [-0.1, -0.05) is 23.7 Å². The van der Waals surface area contributed by atoms with E-state index in [4.69, 9.17) is 25.2 Å². The minimum absolute atomic E-state index is 0.0745. The average Bonchev–Trinajstić information content (AvgIpc) is 3.03. The summed E-state index contributed by atoms with van der Waals surface area (Å²) >= 11 is 6.17. The van der Waals surface area contributed by atoms with Crippen molar-refractivity contribution in [2.75, 3.05) is 0 Å². The van der Waals surface area contributed by atoms with Gasteiger partial charge in [-0.05, 0) is 43.2 Å². The van der Waals surface area contributed by atoms with Gasteiger partial charge in [-0.25, -0.2) is 9.59 Å². The van der Waals surface area contributed by atoms with Crippen LogP contribution in [0.15, 0.2) is 60.9 Å². The Morgan fingerprint density at radius 1 is 1.10 bits per heavy atom. The van der Waals surface area contributed by atoms with Gasteiger partial charge in [0.05, 0.1) is 5.52 Å². The monoisotopic (exact) mass is 427 g/mol. The molecule has 4 aromatic rings. The number of hydrogen-bond acceptors (Lipinski definition) is 6. The fraction of sp³-hybridized carbons (Fsp3) is 0.227. The Morgan fingerprint density at radius 3 is 2.73 bits per heavy atom. The molecule has 0 amide bonds. The zero-order valence-corrected chi connectivity index (χ0v) is 16.9. The molecule has 30 heavy (non-hydrogen) atoms. The lowest BCUT2D eigenvalue weighted by Gasteiger charge is -2.09. The van der Waals surface area contributed by atoms with Gasteiger partial charge in [0.15, 0.2) is 5.58 Å². The summed E-state index contributed by atoms with van der Waals surface area (Å²) in [4.78, 5) is 35.9. The van der Waals surface area contributed by atoms with Crippen LogP contribution in [0.4, 0.5) is 0 Å². The molecule has 2 aromatic carbocycles. The molecule has 2 heterocycles. The molecule has 0 N–H and O–H groups in total. The van der Waals surface area contributed by atoms with Gasteiger partial charge < -0.3 is 13.6 Å². The maximum Gasteiger partial charge on any atom is 0.419 e. The maximum atomic E-state index is 12.2. The summed E-state index contributed by atoms with van der Waals surface area (Å²) in [5, 5.41) is 1.15. The first kappa shape index (κ1) is 20.0. The van der Waals surface area contributed by atoms with Crippen molar-refractivity contribution in [3.05, 3.63) is 79.6 Å². The minimum atomic E-state index is -0.526. The van der Waals surface area contributed by atoms with Gasteiger partial charge in [0.1, 0.15) is 12.2 Å². The molecular formula is C22H18ClNO6. The minimum Gasteiger partial charge on any atom is -0.461 e. The van der Waals surface area contributed by atoms with Crippen molar-refractivity contribution in [3.8, 4) is 0 Å². The molecule has 0 radical (unpaired) electrons. The molecule has 0 bridgehead atoms. The Morgan fingerprint density at radius 2 is 1.90 bits per heavy atom. The Balaban J connectivity index is 1.41. The predicted molar refractivity (Wildman–Crippen MR) is 112 cm³/mol. The standard InChI is InChI=1S/C22H18ClNO6/c1-13-9-19-15(11-16(13)23)14(10-21(26)29-19)12-28-20(25)7-4-8-24-17-5-2-3-6-18(17)30-22(24)27/h2-3,5-6,9-11H,4,7-8,12H2,1H3. The largest absolute Gasteiger partial charge is 0.461 e. The van der Waals surface area contributed by atoms with E-state index in [-0.39, 0.29) is 13.0 Å². The fourth-order valence-electron chi connectivity index (χ4n) is 3.31. The zero-order chi connectivity index (χ0) is 21.3. The number of oxazole rings is 1. The summed E-state index contributed by atoms with van der Waals surface area (Å²) in [5.74, 6) is -0.894. The first-order chi connectivity index (χ1) is 14.4. The molecule has 8 heteroatoms. The van der Waals surface area contributed by atoms with E-state index in [9.17, 15) is 14.4 Å². The number of hydrogen-bond donors (Lipinski definition) is 0. The Hall–Kier alpha value is -3.32. The summed E-state index contributed by atoms with van der Waals surface area (Å²) < 4.78 is 17.2. The number of esters is 1. The van der Waals surface area contributed by atoms with E-state index in [0.717, 1.165) is 5.56 Å². The second-order valence-corrected chi connectivity index (χ2v) is 7.35. The summed E-state index contributed by atoms with van der Waals surface area (Å²) in [6, 6.07) is 11.8. The van der Waals surface area contributed by atoms with E-state index < -0.39 is 17.4 Å². The highest BCUT2D eigenvalue weighted by molar-refractivity contribution is 6.32. The molecule has 0 saturated heterocycles. The number of fused-ring (bicyclic) bond motifs is 2. The van der Waals surface area contributed by atoms with Gasteiger partial charge in [0, 0.05) is 35.0 Å². The smallest absolute Gasteiger partial charge is 0.419 e. The van der Waals surface area contributed by atoms with Crippen molar-refractivity contribution in [1.29, 1.82) is 0 Å². The fourth-order valence-corrected chi connectivity index (χ4v) is 3.47. The molecule has 4 rings (SSSR count). The van der Waals surface area contributed by atoms with Crippen molar-refractivity contribution in [1.82, 2.24) is 4.57 Å². The summed E-state index contributed by atoms with van der Waals surface area (Å²) in [6.45, 7) is 2.07. The zero-order valence-electron chi connectivity index (χ0n) is 16.1. The van der Waals surface area contributed by atoms with Crippen LogP contribution >= 0.6 is 11.6 Å². The molecule has 0 atom stereocenters. The maximum absolute atomic E-state index is 12.2. The van der Waals surface area contributed by atoms with E-state index >= 15 is 0 Å². The van der Waals surface area contributed by atoms with Crippen LogP contribution in [0.2, 0.25) is 5.02 Å². The number of halogens is 1. The summed E-state index contributed by atoms with van der Waals surface area (Å²) in [6.07, 6.45) is 0.524. The van der Waals surface area contributed by atoms with Crippen LogP contribution in [0.25, 0.3) is 22.1 Å². The third-order valence-electron chi connectivity index (χ3n) is 4.83. The number of rotatable bonds is 6. The SMILES string of the molecule is Cc1cc2oc(=O)cc(COC(=O)CCCn3c(=O)oc4ccccc43)c2cc1Cl. The van der Waals surface area contributed by atoms with E-state index in [1.54, 1.807) is 30.3 Å². The van der Waals surface area contributed by atoms with Crippen LogP contribution in [-0.2, 0) is 22.7 Å². The number of nitrogens with zero attached hydrogens (tertiary/aromatic N) is 1. The van der Waals surface area contributed by atoms with Crippen molar-refractivity contribution in [3.63, 3.8) is 0 Å². The third-order valence-corrected chi connectivity index (χ3v) is 5.24. The highest BCUT2D eigenvalue weighted by Crippen LogP contribution is 2.25. The van der Waals surface area contributed by atoms with Gasteiger partial charge in [0.25, 0.3) is 0 Å². The highest BCUT2D eigenvalue weighted by Gasteiger charge is 2.12. The molecule has 0 aliphatic rings. The van der Waals surface area contributed by atoms with Crippen molar-refractivity contribution < 1.29 is 18.4 Å². The molecule has 0 saturated carbocycles. The number of aryl methyl sites for hydroxylation is 2. The van der Waals surface area contributed by atoms with Crippen LogP contribution < -0.4 is 11.4 Å². The predicted octanol–water partition coefficient (Wildman–Crippen LogP) is 4.19. The van der Waals surface area contributed by atoms with Crippen LogP contribution in [0.5, 0.6) is 0 Å². The van der Waals surface area contributed by atoms with Crippen LogP contribution in [-0.4, -0.2) is 10.5 Å². The Kier molecular flexibility index (Phi) is 5.46. The number of carbonyl (C=O) groups excluding carboxylic acids is 1. The lowest BCUT2D eigenvalue weighted by molar-refractivity contribution is -0.145. The van der Waals surface area contributed by atoms with E-state index in [1.807, 2.05) is 13.0 Å². The van der Waals surface area contributed by atoms with Gasteiger partial charge >= 0.3 is 17.4 Å². The van der Waals surface area contributed by atoms with E-state index in [1.165, 1.54) is 10.6 Å². The molecule has 154 valence electrons. The molecule has 0 aliphatic carbocycles. The average molecular weight is 428 g/mol. The molecule has 0 spiro atoms. The Bertz CT molecular complexity index is 1360. The van der Waals surface area contributed by atoms with Crippen LogP contribution in [0.1, 0.15) is 24.0 Å². The molecule has 0 unspecified atom stereocenters. The molecule has 0 aliphatic heterocycles. The van der Waals surface area contributed by atoms with Crippen molar-refractivity contribution in [2.45, 2.75) is 32.9 Å². The van der Waals surface area contributed by atoms with E-state index in [0.29, 0.717) is 45.6 Å². The quantitative estimate of drug-likeness (QED) is 0.338. The summed E-state index contributed by atoms with van der Waals surface area (Å²) in [7, 11) is 0. The Labute approximate surface area is 175 Å². The van der Waals surface area contributed by atoms with Gasteiger partial charge in [-0.3, -0.25) is 9.36 Å². The number of ether oxygens (including phenoxy) is 1. The third kappa shape index (κ3) is 4.02. The van der Waals surface area contributed by atoms with Crippen molar-refractivity contribution in [2.24, 2.45) is 0 Å². The topological polar surface area (TPSA) is 91.6 Å².